The predicted octanol–water partition coefficient (Wildman–Crippen LogP) is 1.44. The van der Waals surface area contributed by atoms with Gasteiger partial charge in [0.05, 0.1) is 6.54 Å². The third kappa shape index (κ3) is 3.24. The van der Waals surface area contributed by atoms with E-state index in [1.807, 2.05) is 24.0 Å². The van der Waals surface area contributed by atoms with Gasteiger partial charge >= 0.3 is 6.09 Å². The maximum atomic E-state index is 12.0. The van der Waals surface area contributed by atoms with Crippen molar-refractivity contribution in [3.05, 3.63) is 36.5 Å². The first-order valence-electron chi connectivity index (χ1n) is 7.92. The molecule has 0 radical (unpaired) electrons. The van der Waals surface area contributed by atoms with Crippen molar-refractivity contribution in [2.24, 2.45) is 0 Å². The minimum atomic E-state index is -0.784. The van der Waals surface area contributed by atoms with Crippen LogP contribution >= 0.6 is 0 Å². The summed E-state index contributed by atoms with van der Waals surface area (Å²) in [7, 11) is 0. The summed E-state index contributed by atoms with van der Waals surface area (Å²) < 4.78 is 5.12. The van der Waals surface area contributed by atoms with E-state index in [-0.39, 0.29) is 18.2 Å². The molecular formula is C17H19N3O4. The van der Waals surface area contributed by atoms with Crippen molar-refractivity contribution in [1.82, 2.24) is 5.32 Å². The van der Waals surface area contributed by atoms with Gasteiger partial charge in [0.1, 0.15) is 0 Å². The van der Waals surface area contributed by atoms with Crippen LogP contribution in [0.15, 0.2) is 36.5 Å². The highest BCUT2D eigenvalue weighted by molar-refractivity contribution is 5.96. The van der Waals surface area contributed by atoms with Gasteiger partial charge in [-0.1, -0.05) is 0 Å². The van der Waals surface area contributed by atoms with Crippen LogP contribution in [0.4, 0.5) is 16.2 Å². The molecule has 1 fully saturated rings. The van der Waals surface area contributed by atoms with Gasteiger partial charge in [-0.15, -0.1) is 0 Å². The monoisotopic (exact) mass is 329 g/mol. The Bertz CT molecular complexity index is 684. The molecule has 2 aliphatic rings. The fraction of sp³-hybridized carbons (Fsp3) is 0.353. The normalized spacial score (nSPS) is 20.3. The van der Waals surface area contributed by atoms with Crippen molar-refractivity contribution in [3.8, 4) is 0 Å². The molecule has 2 amide bonds. The summed E-state index contributed by atoms with van der Waals surface area (Å²) in [5.74, 6) is -0.160. The summed E-state index contributed by atoms with van der Waals surface area (Å²) >= 11 is 0. The van der Waals surface area contributed by atoms with Crippen molar-refractivity contribution in [3.63, 3.8) is 0 Å². The second-order valence-corrected chi connectivity index (χ2v) is 5.62. The van der Waals surface area contributed by atoms with Gasteiger partial charge in [-0.05, 0) is 37.3 Å². The smallest absolute Gasteiger partial charge is 0.415 e. The predicted molar refractivity (Wildman–Crippen MR) is 88.9 cm³/mol. The number of hydrogen-bond acceptors (Lipinski definition) is 5. The lowest BCUT2D eigenvalue weighted by Crippen LogP contribution is -2.37. The Balaban J connectivity index is 1.69. The van der Waals surface area contributed by atoms with Crippen molar-refractivity contribution < 1.29 is 19.1 Å². The number of allylic oxidation sites excluding steroid dienone is 1. The summed E-state index contributed by atoms with van der Waals surface area (Å²) in [5.41, 5.74) is 1.61. The van der Waals surface area contributed by atoms with Crippen LogP contribution in [0.5, 0.6) is 0 Å². The molecule has 2 aliphatic heterocycles. The number of likely N-dealkylation sites (N-methyl/N-ethyl adjacent to an activating group) is 1. The summed E-state index contributed by atoms with van der Waals surface area (Å²) in [6, 6.07) is 7.37. The maximum absolute atomic E-state index is 12.0. The molecule has 1 aromatic carbocycles. The van der Waals surface area contributed by atoms with Crippen LogP contribution in [0.2, 0.25) is 0 Å². The number of ether oxygens (including phenoxy) is 1. The van der Waals surface area contributed by atoms with Crippen LogP contribution in [0, 0.1) is 0 Å². The number of nitrogens with zero attached hydrogens (tertiary/aromatic N) is 2. The molecule has 0 aliphatic carbocycles. The van der Waals surface area contributed by atoms with Crippen LogP contribution in [0.1, 0.15) is 13.3 Å². The van der Waals surface area contributed by atoms with Crippen molar-refractivity contribution in [2.75, 3.05) is 29.4 Å². The Morgan fingerprint density at radius 2 is 1.96 bits per heavy atom. The topological polar surface area (TPSA) is 79.0 Å². The first-order chi connectivity index (χ1) is 11.6. The molecule has 1 atom stereocenters. The van der Waals surface area contributed by atoms with Crippen molar-refractivity contribution in [2.45, 2.75) is 19.4 Å². The highest BCUT2D eigenvalue weighted by atomic mass is 16.6. The number of amides is 2. The van der Waals surface area contributed by atoms with E-state index >= 15 is 0 Å². The fourth-order valence-corrected chi connectivity index (χ4v) is 2.70. The first kappa shape index (κ1) is 16.0. The van der Waals surface area contributed by atoms with E-state index < -0.39 is 12.2 Å². The number of benzene rings is 1. The molecule has 7 heteroatoms. The van der Waals surface area contributed by atoms with E-state index in [9.17, 15) is 14.4 Å². The summed E-state index contributed by atoms with van der Waals surface area (Å²) in [5, 5.41) is 2.65. The molecule has 1 saturated heterocycles. The van der Waals surface area contributed by atoms with Crippen LogP contribution in [0.25, 0.3) is 0 Å². The zero-order valence-electron chi connectivity index (χ0n) is 13.4. The van der Waals surface area contributed by atoms with Gasteiger partial charge in [0, 0.05) is 37.1 Å². The lowest BCUT2D eigenvalue weighted by atomic mass is 10.1. The third-order valence-corrected chi connectivity index (χ3v) is 3.99. The zero-order valence-corrected chi connectivity index (χ0v) is 13.4. The SMILES string of the molecule is CCNC(=O)[C@H]1CN(c2ccc(N3C=CC(=O)CC3)cc2)C(=O)O1. The van der Waals surface area contributed by atoms with Gasteiger partial charge in [-0.25, -0.2) is 4.79 Å². The Morgan fingerprint density at radius 3 is 2.58 bits per heavy atom. The quantitative estimate of drug-likeness (QED) is 0.904. The molecule has 1 N–H and O–H groups in total. The summed E-state index contributed by atoms with van der Waals surface area (Å²) in [4.78, 5) is 38.4. The molecule has 0 spiro atoms. The highest BCUT2D eigenvalue weighted by Gasteiger charge is 2.36. The van der Waals surface area contributed by atoms with Crippen molar-refractivity contribution >= 4 is 29.2 Å². The van der Waals surface area contributed by atoms with Gasteiger partial charge in [-0.2, -0.15) is 0 Å². The molecule has 0 unspecified atom stereocenters. The standard InChI is InChI=1S/C17H19N3O4/c1-2-18-16(22)15-11-20(17(23)24-15)13-5-3-12(4-6-13)19-9-7-14(21)8-10-19/h3-7,9,15H,2,8,10-11H2,1H3,(H,18,22)/t15-/m1/s1. The first-order valence-corrected chi connectivity index (χ1v) is 7.92. The number of ketones is 1. The Labute approximate surface area is 139 Å². The van der Waals surface area contributed by atoms with Crippen molar-refractivity contribution in [1.29, 1.82) is 0 Å². The number of rotatable bonds is 4. The molecule has 7 nitrogen and oxygen atoms in total. The van der Waals surface area contributed by atoms with Gasteiger partial charge in [0.15, 0.2) is 11.9 Å². The number of anilines is 2. The maximum Gasteiger partial charge on any atom is 0.415 e. The van der Waals surface area contributed by atoms with E-state index in [0.29, 0.717) is 25.2 Å². The van der Waals surface area contributed by atoms with E-state index in [2.05, 4.69) is 5.32 Å². The minimum absolute atomic E-state index is 0.124. The molecule has 0 saturated carbocycles. The molecule has 126 valence electrons. The van der Waals surface area contributed by atoms with E-state index in [1.54, 1.807) is 24.4 Å². The largest absolute Gasteiger partial charge is 0.434 e. The lowest BCUT2D eigenvalue weighted by molar-refractivity contribution is -0.127. The Hall–Kier alpha value is -2.83. The number of cyclic esters (lactones) is 1. The lowest BCUT2D eigenvalue weighted by Gasteiger charge is -2.23. The van der Waals surface area contributed by atoms with Crippen LogP contribution in [-0.2, 0) is 14.3 Å². The molecule has 0 bridgehead atoms. The van der Waals surface area contributed by atoms with Crippen LogP contribution in [-0.4, -0.2) is 43.5 Å². The molecule has 0 aromatic heterocycles. The second kappa shape index (κ2) is 6.74. The van der Waals surface area contributed by atoms with E-state index in [1.165, 1.54) is 4.90 Å². The Kier molecular flexibility index (Phi) is 4.50. The fourth-order valence-electron chi connectivity index (χ4n) is 2.70. The average Bonchev–Trinajstić information content (AvgIpc) is 2.98. The molecule has 2 heterocycles. The zero-order chi connectivity index (χ0) is 17.1. The number of nitrogens with one attached hydrogen (secondary N) is 1. The molecule has 24 heavy (non-hydrogen) atoms. The van der Waals surface area contributed by atoms with Gasteiger partial charge in [0.2, 0.25) is 0 Å². The number of carbonyl (C=O) groups excluding carboxylic acids is 3. The minimum Gasteiger partial charge on any atom is -0.434 e. The molecule has 3 rings (SSSR count). The van der Waals surface area contributed by atoms with Crippen LogP contribution < -0.4 is 15.1 Å². The van der Waals surface area contributed by atoms with Crippen LogP contribution in [0.3, 0.4) is 0 Å². The summed E-state index contributed by atoms with van der Waals surface area (Å²) in [6.07, 6.45) is 2.50. The Morgan fingerprint density at radius 1 is 1.25 bits per heavy atom. The van der Waals surface area contributed by atoms with E-state index in [0.717, 1.165) is 5.69 Å². The highest BCUT2D eigenvalue weighted by Crippen LogP contribution is 2.26. The second-order valence-electron chi connectivity index (χ2n) is 5.62. The summed E-state index contributed by atoms with van der Waals surface area (Å²) in [6.45, 7) is 3.14. The molecule has 1 aromatic rings. The third-order valence-electron chi connectivity index (χ3n) is 3.99. The molecular weight excluding hydrogens is 310 g/mol. The van der Waals surface area contributed by atoms with Gasteiger partial charge in [-0.3, -0.25) is 14.5 Å². The van der Waals surface area contributed by atoms with Gasteiger partial charge in [0.25, 0.3) is 5.91 Å². The number of carbonyl (C=O) groups is 3. The van der Waals surface area contributed by atoms with Gasteiger partial charge < -0.3 is 15.0 Å². The number of hydrogen-bond donors (Lipinski definition) is 1. The average molecular weight is 329 g/mol. The van der Waals surface area contributed by atoms with E-state index in [4.69, 9.17) is 4.74 Å².